The first-order chi connectivity index (χ1) is 8.25. The van der Waals surface area contributed by atoms with Crippen LogP contribution in [0, 0.1) is 0 Å². The Bertz CT molecular complexity index is 691. The number of imidazole rings is 1. The molecule has 3 rings (SSSR count). The van der Waals surface area contributed by atoms with Gasteiger partial charge >= 0.3 is 0 Å². The Labute approximate surface area is 103 Å². The van der Waals surface area contributed by atoms with Crippen LogP contribution >= 0.6 is 11.6 Å². The fraction of sp³-hybridized carbons (Fsp3) is 0. The van der Waals surface area contributed by atoms with E-state index in [0.717, 1.165) is 16.9 Å². The summed E-state index contributed by atoms with van der Waals surface area (Å²) >= 11 is 5.80. The van der Waals surface area contributed by atoms with Gasteiger partial charge in [-0.3, -0.25) is 4.40 Å². The van der Waals surface area contributed by atoms with Crippen molar-refractivity contribution < 1.29 is 5.11 Å². The molecule has 0 amide bonds. The number of aromatic nitrogens is 2. The molecule has 3 aromatic rings. The number of phenolic OH excluding ortho intramolecular Hbond substituents is 1. The molecule has 17 heavy (non-hydrogen) atoms. The van der Waals surface area contributed by atoms with Crippen LogP contribution in [-0.4, -0.2) is 14.5 Å². The van der Waals surface area contributed by atoms with Gasteiger partial charge in [-0.1, -0.05) is 23.7 Å². The molecule has 0 unspecified atom stereocenters. The number of hydrogen-bond donors (Lipinski definition) is 1. The summed E-state index contributed by atoms with van der Waals surface area (Å²) in [7, 11) is 0. The first-order valence-electron chi connectivity index (χ1n) is 5.17. The molecule has 0 aliphatic heterocycles. The van der Waals surface area contributed by atoms with Crippen LogP contribution in [0.15, 0.2) is 48.8 Å². The number of nitrogens with zero attached hydrogens (tertiary/aromatic N) is 2. The van der Waals surface area contributed by atoms with Crippen LogP contribution in [0.25, 0.3) is 16.9 Å². The Morgan fingerprint density at radius 1 is 1.18 bits per heavy atom. The number of pyridine rings is 1. The molecule has 84 valence electrons. The van der Waals surface area contributed by atoms with Crippen molar-refractivity contribution in [2.75, 3.05) is 0 Å². The summed E-state index contributed by atoms with van der Waals surface area (Å²) in [5.41, 5.74) is 2.74. The molecule has 0 fully saturated rings. The summed E-state index contributed by atoms with van der Waals surface area (Å²) in [5, 5.41) is 9.98. The highest BCUT2D eigenvalue weighted by molar-refractivity contribution is 6.32. The fourth-order valence-electron chi connectivity index (χ4n) is 1.85. The van der Waals surface area contributed by atoms with Gasteiger partial charge in [-0.05, 0) is 24.3 Å². The predicted molar refractivity (Wildman–Crippen MR) is 67.3 cm³/mol. The van der Waals surface area contributed by atoms with Crippen molar-refractivity contribution in [2.45, 2.75) is 0 Å². The lowest BCUT2D eigenvalue weighted by atomic mass is 10.1. The molecule has 1 N–H and O–H groups in total. The minimum atomic E-state index is 0.0845. The molecule has 0 saturated heterocycles. The van der Waals surface area contributed by atoms with Crippen LogP contribution < -0.4 is 0 Å². The third-order valence-electron chi connectivity index (χ3n) is 2.67. The second kappa shape index (κ2) is 3.79. The lowest BCUT2D eigenvalue weighted by Gasteiger charge is -2.06. The van der Waals surface area contributed by atoms with Crippen LogP contribution in [0.3, 0.4) is 0 Å². The largest absolute Gasteiger partial charge is 0.506 e. The Hall–Kier alpha value is -2.00. The standard InChI is InChI=1S/C13H9ClN2O/c14-10-5-4-9(8-12(10)17)11-2-1-3-13-15-6-7-16(11)13/h1-8,17H. The molecule has 1 aromatic carbocycles. The van der Waals surface area contributed by atoms with Crippen LogP contribution in [0.2, 0.25) is 5.02 Å². The van der Waals surface area contributed by atoms with Crippen LogP contribution in [0.4, 0.5) is 0 Å². The van der Waals surface area contributed by atoms with Crippen molar-refractivity contribution in [3.63, 3.8) is 0 Å². The molecule has 0 radical (unpaired) electrons. The molecular formula is C13H9ClN2O. The van der Waals surface area contributed by atoms with E-state index in [0.29, 0.717) is 5.02 Å². The zero-order chi connectivity index (χ0) is 11.8. The van der Waals surface area contributed by atoms with E-state index in [-0.39, 0.29) is 5.75 Å². The number of phenols is 1. The third-order valence-corrected chi connectivity index (χ3v) is 2.99. The summed E-state index contributed by atoms with van der Waals surface area (Å²) in [4.78, 5) is 4.22. The average Bonchev–Trinajstić information content (AvgIpc) is 2.80. The summed E-state index contributed by atoms with van der Waals surface area (Å²) in [5.74, 6) is 0.0845. The number of hydrogen-bond acceptors (Lipinski definition) is 2. The van der Waals surface area contributed by atoms with E-state index in [2.05, 4.69) is 4.98 Å². The van der Waals surface area contributed by atoms with Gasteiger partial charge in [-0.15, -0.1) is 0 Å². The van der Waals surface area contributed by atoms with Gasteiger partial charge in [0, 0.05) is 18.0 Å². The van der Waals surface area contributed by atoms with Gasteiger partial charge < -0.3 is 5.11 Å². The third kappa shape index (κ3) is 1.65. The second-order valence-electron chi connectivity index (χ2n) is 3.73. The minimum absolute atomic E-state index is 0.0845. The van der Waals surface area contributed by atoms with Crippen LogP contribution in [-0.2, 0) is 0 Å². The number of aromatic hydroxyl groups is 1. The number of fused-ring (bicyclic) bond motifs is 1. The second-order valence-corrected chi connectivity index (χ2v) is 4.14. The normalized spacial score (nSPS) is 10.9. The zero-order valence-electron chi connectivity index (χ0n) is 8.84. The van der Waals surface area contributed by atoms with E-state index in [1.807, 2.05) is 34.9 Å². The minimum Gasteiger partial charge on any atom is -0.506 e. The average molecular weight is 245 g/mol. The highest BCUT2D eigenvalue weighted by Crippen LogP contribution is 2.29. The highest BCUT2D eigenvalue weighted by atomic mass is 35.5. The molecule has 2 heterocycles. The van der Waals surface area contributed by atoms with E-state index in [1.54, 1.807) is 18.3 Å². The van der Waals surface area contributed by atoms with E-state index >= 15 is 0 Å². The van der Waals surface area contributed by atoms with Gasteiger partial charge in [-0.2, -0.15) is 0 Å². The van der Waals surface area contributed by atoms with E-state index in [1.165, 1.54) is 0 Å². The summed E-state index contributed by atoms with van der Waals surface area (Å²) in [6.07, 6.45) is 3.63. The van der Waals surface area contributed by atoms with E-state index in [9.17, 15) is 5.11 Å². The topological polar surface area (TPSA) is 37.5 Å². The molecule has 0 saturated carbocycles. The van der Waals surface area contributed by atoms with E-state index in [4.69, 9.17) is 11.6 Å². The lowest BCUT2D eigenvalue weighted by molar-refractivity contribution is 0.476. The predicted octanol–water partition coefficient (Wildman–Crippen LogP) is 3.36. The number of halogens is 1. The van der Waals surface area contributed by atoms with Crippen molar-refractivity contribution in [3.8, 4) is 17.0 Å². The summed E-state index contributed by atoms with van der Waals surface area (Å²) < 4.78 is 1.96. The first kappa shape index (κ1) is 10.2. The van der Waals surface area contributed by atoms with Crippen molar-refractivity contribution in [2.24, 2.45) is 0 Å². The van der Waals surface area contributed by atoms with Crippen LogP contribution in [0.5, 0.6) is 5.75 Å². The molecule has 0 bridgehead atoms. The Morgan fingerprint density at radius 3 is 2.88 bits per heavy atom. The van der Waals surface area contributed by atoms with Gasteiger partial charge in [-0.25, -0.2) is 4.98 Å². The van der Waals surface area contributed by atoms with Crippen molar-refractivity contribution in [1.29, 1.82) is 0 Å². The monoisotopic (exact) mass is 244 g/mol. The molecule has 0 spiro atoms. The molecule has 0 atom stereocenters. The maximum atomic E-state index is 9.63. The Morgan fingerprint density at radius 2 is 2.06 bits per heavy atom. The van der Waals surface area contributed by atoms with Gasteiger partial charge in [0.25, 0.3) is 0 Å². The highest BCUT2D eigenvalue weighted by Gasteiger charge is 2.06. The molecule has 2 aromatic heterocycles. The van der Waals surface area contributed by atoms with Gasteiger partial charge in [0.2, 0.25) is 0 Å². The molecule has 0 aliphatic carbocycles. The van der Waals surface area contributed by atoms with E-state index < -0.39 is 0 Å². The number of rotatable bonds is 1. The Balaban J connectivity index is 2.26. The first-order valence-corrected chi connectivity index (χ1v) is 5.54. The van der Waals surface area contributed by atoms with Crippen molar-refractivity contribution in [1.82, 2.24) is 9.38 Å². The smallest absolute Gasteiger partial charge is 0.137 e. The van der Waals surface area contributed by atoms with Crippen molar-refractivity contribution in [3.05, 3.63) is 53.8 Å². The van der Waals surface area contributed by atoms with Gasteiger partial charge in [0.1, 0.15) is 11.4 Å². The summed E-state index contributed by atoms with van der Waals surface area (Å²) in [6.45, 7) is 0. The van der Waals surface area contributed by atoms with Crippen LogP contribution in [0.1, 0.15) is 0 Å². The molecule has 4 heteroatoms. The maximum Gasteiger partial charge on any atom is 0.137 e. The van der Waals surface area contributed by atoms with Crippen molar-refractivity contribution >= 4 is 17.2 Å². The molecule has 0 aliphatic rings. The molecule has 3 nitrogen and oxygen atoms in total. The molecular weight excluding hydrogens is 236 g/mol. The SMILES string of the molecule is Oc1cc(-c2cccc3nccn23)ccc1Cl. The van der Waals surface area contributed by atoms with Gasteiger partial charge in [0.15, 0.2) is 0 Å². The zero-order valence-corrected chi connectivity index (χ0v) is 9.59. The Kier molecular flexibility index (Phi) is 2.27. The summed E-state index contributed by atoms with van der Waals surface area (Å²) in [6, 6.07) is 11.0. The quantitative estimate of drug-likeness (QED) is 0.713. The van der Waals surface area contributed by atoms with Gasteiger partial charge in [0.05, 0.1) is 10.7 Å². The lowest BCUT2D eigenvalue weighted by Crippen LogP contribution is -1.90. The fourth-order valence-corrected chi connectivity index (χ4v) is 1.97. The maximum absolute atomic E-state index is 9.63. The number of benzene rings is 1.